The number of nitrogens with two attached hydrogens (primary N) is 1. The largest absolute Gasteiger partial charge is 0.330 e. The summed E-state index contributed by atoms with van der Waals surface area (Å²) >= 11 is 1.91. The standard InChI is InChI=1S/C14H24N2S/c1-11-12-5-9-17-13(12)4-7-16(11)8-6-14(2,3)10-15/h5,9,11H,4,6-8,10,15H2,1-3H3. The molecule has 1 aromatic rings. The molecule has 1 aromatic heterocycles. The van der Waals surface area contributed by atoms with Gasteiger partial charge in [-0.15, -0.1) is 11.3 Å². The van der Waals surface area contributed by atoms with Crippen molar-refractivity contribution < 1.29 is 0 Å². The Morgan fingerprint density at radius 1 is 1.53 bits per heavy atom. The van der Waals surface area contributed by atoms with E-state index >= 15 is 0 Å². The number of thiophene rings is 1. The molecule has 0 aromatic carbocycles. The van der Waals surface area contributed by atoms with Crippen LogP contribution in [0.1, 0.15) is 43.7 Å². The van der Waals surface area contributed by atoms with Gasteiger partial charge in [0.15, 0.2) is 0 Å². The summed E-state index contributed by atoms with van der Waals surface area (Å²) in [5.74, 6) is 0. The molecule has 2 nitrogen and oxygen atoms in total. The van der Waals surface area contributed by atoms with Crippen LogP contribution >= 0.6 is 11.3 Å². The predicted octanol–water partition coefficient (Wildman–Crippen LogP) is 3.04. The van der Waals surface area contributed by atoms with Crippen molar-refractivity contribution in [2.45, 2.75) is 39.7 Å². The van der Waals surface area contributed by atoms with Crippen LogP contribution in [0.3, 0.4) is 0 Å². The highest BCUT2D eigenvalue weighted by atomic mass is 32.1. The third-order valence-corrected chi connectivity index (χ3v) is 5.03. The summed E-state index contributed by atoms with van der Waals surface area (Å²) in [6, 6.07) is 2.88. The molecule has 2 rings (SSSR count). The van der Waals surface area contributed by atoms with Crippen molar-refractivity contribution in [1.29, 1.82) is 0 Å². The van der Waals surface area contributed by atoms with Crippen LogP contribution in [-0.2, 0) is 6.42 Å². The van der Waals surface area contributed by atoms with Crippen molar-refractivity contribution in [1.82, 2.24) is 4.90 Å². The van der Waals surface area contributed by atoms with Gasteiger partial charge in [0.05, 0.1) is 0 Å². The minimum Gasteiger partial charge on any atom is -0.330 e. The van der Waals surface area contributed by atoms with E-state index in [1.165, 1.54) is 25.9 Å². The molecule has 0 saturated carbocycles. The van der Waals surface area contributed by atoms with Crippen molar-refractivity contribution in [2.75, 3.05) is 19.6 Å². The van der Waals surface area contributed by atoms with E-state index < -0.39 is 0 Å². The van der Waals surface area contributed by atoms with Gasteiger partial charge in [-0.25, -0.2) is 0 Å². The Kier molecular flexibility index (Phi) is 3.91. The molecule has 0 fully saturated rings. The van der Waals surface area contributed by atoms with E-state index in [-0.39, 0.29) is 5.41 Å². The maximum Gasteiger partial charge on any atom is 0.0331 e. The second-order valence-corrected chi connectivity index (χ2v) is 6.88. The SMILES string of the molecule is CC1c2ccsc2CCN1CCC(C)(C)CN. The number of rotatable bonds is 4. The summed E-state index contributed by atoms with van der Waals surface area (Å²) < 4.78 is 0. The first-order chi connectivity index (χ1) is 8.03. The lowest BCUT2D eigenvalue weighted by Crippen LogP contribution is -2.37. The summed E-state index contributed by atoms with van der Waals surface area (Å²) in [5, 5.41) is 2.23. The number of fused-ring (bicyclic) bond motifs is 1. The molecule has 0 bridgehead atoms. The first kappa shape index (κ1) is 13.1. The Bertz CT molecular complexity index is 370. The van der Waals surface area contributed by atoms with Crippen molar-refractivity contribution in [3.8, 4) is 0 Å². The highest BCUT2D eigenvalue weighted by Gasteiger charge is 2.26. The molecule has 3 heteroatoms. The van der Waals surface area contributed by atoms with Crippen molar-refractivity contribution >= 4 is 11.3 Å². The van der Waals surface area contributed by atoms with E-state index in [0.717, 1.165) is 6.54 Å². The first-order valence-corrected chi connectivity index (χ1v) is 7.42. The van der Waals surface area contributed by atoms with Crippen LogP contribution in [0.5, 0.6) is 0 Å². The predicted molar refractivity (Wildman–Crippen MR) is 75.5 cm³/mol. The van der Waals surface area contributed by atoms with Gasteiger partial charge in [0.2, 0.25) is 0 Å². The zero-order valence-corrected chi connectivity index (χ0v) is 12.0. The molecule has 0 aliphatic carbocycles. The summed E-state index contributed by atoms with van der Waals surface area (Å²) in [7, 11) is 0. The van der Waals surface area contributed by atoms with Gasteiger partial charge in [-0.05, 0) is 55.3 Å². The fourth-order valence-corrected chi connectivity index (χ4v) is 3.38. The molecule has 1 aliphatic heterocycles. The lowest BCUT2D eigenvalue weighted by molar-refractivity contribution is 0.168. The highest BCUT2D eigenvalue weighted by Crippen LogP contribution is 2.33. The molecule has 0 amide bonds. The van der Waals surface area contributed by atoms with E-state index in [1.807, 2.05) is 11.3 Å². The molecule has 0 saturated heterocycles. The quantitative estimate of drug-likeness (QED) is 0.892. The monoisotopic (exact) mass is 252 g/mol. The number of hydrogen-bond donors (Lipinski definition) is 1. The molecule has 1 aliphatic rings. The molecular formula is C14H24N2S. The van der Waals surface area contributed by atoms with Crippen molar-refractivity contribution in [3.05, 3.63) is 21.9 Å². The van der Waals surface area contributed by atoms with Crippen LogP contribution in [0.15, 0.2) is 11.4 Å². The average Bonchev–Trinajstić information content (AvgIpc) is 2.77. The summed E-state index contributed by atoms with van der Waals surface area (Å²) in [6.07, 6.45) is 2.41. The van der Waals surface area contributed by atoms with Gasteiger partial charge in [0, 0.05) is 17.5 Å². The van der Waals surface area contributed by atoms with Crippen LogP contribution in [0.25, 0.3) is 0 Å². The van der Waals surface area contributed by atoms with Gasteiger partial charge in [-0.3, -0.25) is 4.90 Å². The molecule has 96 valence electrons. The third kappa shape index (κ3) is 2.90. The Morgan fingerprint density at radius 2 is 2.29 bits per heavy atom. The first-order valence-electron chi connectivity index (χ1n) is 6.54. The van der Waals surface area contributed by atoms with E-state index in [4.69, 9.17) is 5.73 Å². The van der Waals surface area contributed by atoms with Gasteiger partial charge in [0.1, 0.15) is 0 Å². The molecule has 17 heavy (non-hydrogen) atoms. The van der Waals surface area contributed by atoms with Gasteiger partial charge < -0.3 is 5.73 Å². The van der Waals surface area contributed by atoms with Crippen LogP contribution in [0, 0.1) is 5.41 Å². The maximum atomic E-state index is 5.80. The topological polar surface area (TPSA) is 29.3 Å². The zero-order valence-electron chi connectivity index (χ0n) is 11.2. The van der Waals surface area contributed by atoms with E-state index in [0.29, 0.717) is 6.04 Å². The average molecular weight is 252 g/mol. The Balaban J connectivity index is 1.96. The Morgan fingerprint density at radius 3 is 3.00 bits per heavy atom. The van der Waals surface area contributed by atoms with Crippen LogP contribution in [0.4, 0.5) is 0 Å². The lowest BCUT2D eigenvalue weighted by atomic mass is 9.88. The number of nitrogens with zero attached hydrogens (tertiary/aromatic N) is 1. The van der Waals surface area contributed by atoms with Crippen LogP contribution < -0.4 is 5.73 Å². The van der Waals surface area contributed by atoms with Gasteiger partial charge in [-0.1, -0.05) is 13.8 Å². The molecular weight excluding hydrogens is 228 g/mol. The minimum absolute atomic E-state index is 0.272. The fourth-order valence-electron chi connectivity index (χ4n) is 2.42. The van der Waals surface area contributed by atoms with Gasteiger partial charge in [0.25, 0.3) is 0 Å². The van der Waals surface area contributed by atoms with Crippen molar-refractivity contribution in [2.24, 2.45) is 11.1 Å². The molecule has 1 unspecified atom stereocenters. The minimum atomic E-state index is 0.272. The molecule has 0 radical (unpaired) electrons. The van der Waals surface area contributed by atoms with E-state index in [9.17, 15) is 0 Å². The van der Waals surface area contributed by atoms with Gasteiger partial charge in [-0.2, -0.15) is 0 Å². The van der Waals surface area contributed by atoms with Gasteiger partial charge >= 0.3 is 0 Å². The molecule has 2 N–H and O–H groups in total. The summed E-state index contributed by atoms with van der Waals surface area (Å²) in [5.41, 5.74) is 7.62. The van der Waals surface area contributed by atoms with E-state index in [1.54, 1.807) is 10.4 Å². The van der Waals surface area contributed by atoms with Crippen molar-refractivity contribution in [3.63, 3.8) is 0 Å². The molecule has 0 spiro atoms. The smallest absolute Gasteiger partial charge is 0.0331 e. The highest BCUT2D eigenvalue weighted by molar-refractivity contribution is 7.10. The second-order valence-electron chi connectivity index (χ2n) is 5.88. The van der Waals surface area contributed by atoms with Crippen LogP contribution in [0.2, 0.25) is 0 Å². The lowest BCUT2D eigenvalue weighted by Gasteiger charge is -2.35. The van der Waals surface area contributed by atoms with Crippen LogP contribution in [-0.4, -0.2) is 24.5 Å². The third-order valence-electron chi connectivity index (χ3n) is 4.03. The zero-order chi connectivity index (χ0) is 12.5. The second kappa shape index (κ2) is 5.09. The van der Waals surface area contributed by atoms with E-state index in [2.05, 4.69) is 37.1 Å². The molecule has 2 heterocycles. The fraction of sp³-hybridized carbons (Fsp3) is 0.714. The normalized spacial score (nSPS) is 21.5. The number of hydrogen-bond acceptors (Lipinski definition) is 3. The summed E-state index contributed by atoms with van der Waals surface area (Å²) in [4.78, 5) is 4.19. The summed E-state index contributed by atoms with van der Waals surface area (Å²) in [6.45, 7) is 10.0. The molecule has 1 atom stereocenters. The Hall–Kier alpha value is -0.380. The Labute approximate surface area is 109 Å². The maximum absolute atomic E-state index is 5.80.